The second kappa shape index (κ2) is 10.8. The molecule has 0 aromatic heterocycles. The number of amides is 2. The van der Waals surface area contributed by atoms with E-state index in [2.05, 4.69) is 21.2 Å². The summed E-state index contributed by atoms with van der Waals surface area (Å²) < 4.78 is 26.7. The standard InChI is InChI=1S/C22H28BrN3O4S/c1-5-24-22(28)17(3)25(14-18-8-6-7-16(2)13-18)21(27)15-26(31(4,29)30)20-11-9-19(23)10-12-20/h6-13,17H,5,14-15H2,1-4H3,(H,24,28)/t17-/m0/s1. The Morgan fingerprint density at radius 2 is 1.77 bits per heavy atom. The van der Waals surface area contributed by atoms with Gasteiger partial charge >= 0.3 is 0 Å². The molecule has 2 aromatic rings. The van der Waals surface area contributed by atoms with Gasteiger partial charge in [0.25, 0.3) is 0 Å². The highest BCUT2D eigenvalue weighted by Gasteiger charge is 2.29. The van der Waals surface area contributed by atoms with Crippen LogP contribution >= 0.6 is 15.9 Å². The Hall–Kier alpha value is -2.39. The second-order valence-electron chi connectivity index (χ2n) is 7.33. The van der Waals surface area contributed by atoms with Crippen molar-refractivity contribution in [2.24, 2.45) is 0 Å². The van der Waals surface area contributed by atoms with Gasteiger partial charge in [0, 0.05) is 17.6 Å². The van der Waals surface area contributed by atoms with Crippen molar-refractivity contribution in [3.05, 3.63) is 64.1 Å². The van der Waals surface area contributed by atoms with Crippen molar-refractivity contribution in [2.75, 3.05) is 23.7 Å². The summed E-state index contributed by atoms with van der Waals surface area (Å²) in [5.74, 6) is -0.758. The Morgan fingerprint density at radius 3 is 2.32 bits per heavy atom. The Kier molecular flexibility index (Phi) is 8.64. The zero-order valence-electron chi connectivity index (χ0n) is 18.1. The highest BCUT2D eigenvalue weighted by molar-refractivity contribution is 9.10. The van der Waals surface area contributed by atoms with Gasteiger partial charge in [-0.2, -0.15) is 0 Å². The van der Waals surface area contributed by atoms with Crippen LogP contribution in [0.15, 0.2) is 53.0 Å². The SMILES string of the molecule is CCNC(=O)[C@H](C)N(Cc1cccc(C)c1)C(=O)CN(c1ccc(Br)cc1)S(C)(=O)=O. The number of aryl methyl sites for hydroxylation is 1. The van der Waals surface area contributed by atoms with Crippen LogP contribution in [0.3, 0.4) is 0 Å². The summed E-state index contributed by atoms with van der Waals surface area (Å²) >= 11 is 3.32. The molecule has 0 radical (unpaired) electrons. The number of hydrogen-bond donors (Lipinski definition) is 1. The van der Waals surface area contributed by atoms with Crippen molar-refractivity contribution >= 4 is 43.5 Å². The van der Waals surface area contributed by atoms with Crippen molar-refractivity contribution < 1.29 is 18.0 Å². The summed E-state index contributed by atoms with van der Waals surface area (Å²) in [6.07, 6.45) is 1.06. The number of likely N-dealkylation sites (N-methyl/N-ethyl adjacent to an activating group) is 1. The predicted octanol–water partition coefficient (Wildman–Crippen LogP) is 3.08. The monoisotopic (exact) mass is 509 g/mol. The van der Waals surface area contributed by atoms with Crippen LogP contribution in [0.1, 0.15) is 25.0 Å². The first-order valence-electron chi connectivity index (χ1n) is 9.89. The van der Waals surface area contributed by atoms with E-state index in [1.807, 2.05) is 31.2 Å². The highest BCUT2D eigenvalue weighted by atomic mass is 79.9. The van der Waals surface area contributed by atoms with Gasteiger partial charge in [0.15, 0.2) is 0 Å². The number of nitrogens with zero attached hydrogens (tertiary/aromatic N) is 2. The van der Waals surface area contributed by atoms with E-state index in [0.29, 0.717) is 12.2 Å². The first-order chi connectivity index (χ1) is 14.5. The first kappa shape index (κ1) is 24.9. The third-order valence-corrected chi connectivity index (χ3v) is 6.42. The van der Waals surface area contributed by atoms with E-state index in [9.17, 15) is 18.0 Å². The molecule has 0 bridgehead atoms. The molecule has 168 valence electrons. The van der Waals surface area contributed by atoms with Gasteiger partial charge in [0.1, 0.15) is 12.6 Å². The van der Waals surface area contributed by atoms with E-state index < -0.39 is 28.5 Å². The quantitative estimate of drug-likeness (QED) is 0.562. The van der Waals surface area contributed by atoms with Crippen LogP contribution in [-0.4, -0.2) is 50.5 Å². The van der Waals surface area contributed by atoms with Gasteiger partial charge in [-0.15, -0.1) is 0 Å². The maximum Gasteiger partial charge on any atom is 0.244 e. The lowest BCUT2D eigenvalue weighted by Crippen LogP contribution is -2.51. The highest BCUT2D eigenvalue weighted by Crippen LogP contribution is 2.21. The van der Waals surface area contributed by atoms with E-state index in [0.717, 1.165) is 26.2 Å². The van der Waals surface area contributed by atoms with Gasteiger partial charge in [-0.3, -0.25) is 13.9 Å². The summed E-state index contributed by atoms with van der Waals surface area (Å²) in [6, 6.07) is 13.5. The van der Waals surface area contributed by atoms with Crippen LogP contribution in [0.25, 0.3) is 0 Å². The van der Waals surface area contributed by atoms with Crippen molar-refractivity contribution in [2.45, 2.75) is 33.4 Å². The number of carbonyl (C=O) groups is 2. The Morgan fingerprint density at radius 1 is 1.13 bits per heavy atom. The molecule has 0 saturated heterocycles. The molecule has 2 rings (SSSR count). The Labute approximate surface area is 192 Å². The number of nitrogens with one attached hydrogen (secondary N) is 1. The third kappa shape index (κ3) is 7.07. The zero-order chi connectivity index (χ0) is 23.2. The summed E-state index contributed by atoms with van der Waals surface area (Å²) in [6.45, 7) is 5.61. The lowest BCUT2D eigenvalue weighted by molar-refractivity contribution is -0.139. The average Bonchev–Trinajstić information content (AvgIpc) is 2.70. The summed E-state index contributed by atoms with van der Waals surface area (Å²) in [4.78, 5) is 27.2. The largest absolute Gasteiger partial charge is 0.355 e. The van der Waals surface area contributed by atoms with Crippen LogP contribution in [-0.2, 0) is 26.2 Å². The zero-order valence-corrected chi connectivity index (χ0v) is 20.5. The second-order valence-corrected chi connectivity index (χ2v) is 10.1. The fourth-order valence-corrected chi connectivity index (χ4v) is 4.25. The van der Waals surface area contributed by atoms with E-state index in [1.165, 1.54) is 4.90 Å². The molecule has 1 atom stereocenters. The number of hydrogen-bond acceptors (Lipinski definition) is 4. The smallest absolute Gasteiger partial charge is 0.244 e. The Bertz CT molecular complexity index is 1030. The van der Waals surface area contributed by atoms with E-state index in [1.54, 1.807) is 38.1 Å². The molecule has 9 heteroatoms. The maximum absolute atomic E-state index is 13.3. The van der Waals surface area contributed by atoms with Crippen molar-refractivity contribution in [3.63, 3.8) is 0 Å². The van der Waals surface area contributed by atoms with Gasteiger partial charge in [-0.1, -0.05) is 45.8 Å². The third-order valence-electron chi connectivity index (χ3n) is 4.75. The minimum absolute atomic E-state index is 0.191. The van der Waals surface area contributed by atoms with E-state index in [-0.39, 0.29) is 12.5 Å². The van der Waals surface area contributed by atoms with Gasteiger partial charge in [0.05, 0.1) is 11.9 Å². The van der Waals surface area contributed by atoms with Gasteiger partial charge < -0.3 is 10.2 Å². The molecule has 0 aliphatic carbocycles. The molecule has 0 heterocycles. The maximum atomic E-state index is 13.3. The molecule has 2 aromatic carbocycles. The van der Waals surface area contributed by atoms with Crippen LogP contribution in [0, 0.1) is 6.92 Å². The summed E-state index contributed by atoms with van der Waals surface area (Å²) in [5, 5.41) is 2.73. The van der Waals surface area contributed by atoms with Crippen LogP contribution in [0.4, 0.5) is 5.69 Å². The van der Waals surface area contributed by atoms with Crippen LogP contribution in [0.5, 0.6) is 0 Å². The number of benzene rings is 2. The number of anilines is 1. The van der Waals surface area contributed by atoms with Crippen molar-refractivity contribution in [3.8, 4) is 0 Å². The fraction of sp³-hybridized carbons (Fsp3) is 0.364. The average molecular weight is 510 g/mol. The number of sulfonamides is 1. The van der Waals surface area contributed by atoms with E-state index >= 15 is 0 Å². The molecule has 2 amide bonds. The molecule has 1 N–H and O–H groups in total. The van der Waals surface area contributed by atoms with Gasteiger partial charge in [-0.25, -0.2) is 8.42 Å². The number of carbonyl (C=O) groups excluding carboxylic acids is 2. The molecule has 0 fully saturated rings. The van der Waals surface area contributed by atoms with Gasteiger partial charge in [-0.05, 0) is 50.6 Å². The predicted molar refractivity (Wildman–Crippen MR) is 126 cm³/mol. The van der Waals surface area contributed by atoms with Crippen LogP contribution < -0.4 is 9.62 Å². The molecular formula is C22H28BrN3O4S. The molecule has 0 aliphatic rings. The lowest BCUT2D eigenvalue weighted by atomic mass is 10.1. The molecule has 0 saturated carbocycles. The van der Waals surface area contributed by atoms with Crippen molar-refractivity contribution in [1.29, 1.82) is 0 Å². The molecule has 0 spiro atoms. The van der Waals surface area contributed by atoms with Crippen LogP contribution in [0.2, 0.25) is 0 Å². The molecule has 31 heavy (non-hydrogen) atoms. The molecular weight excluding hydrogens is 482 g/mol. The normalized spacial score (nSPS) is 12.2. The number of rotatable bonds is 9. The first-order valence-corrected chi connectivity index (χ1v) is 12.5. The minimum atomic E-state index is -3.73. The lowest BCUT2D eigenvalue weighted by Gasteiger charge is -2.31. The number of halogens is 1. The summed E-state index contributed by atoms with van der Waals surface area (Å²) in [7, 11) is -3.73. The Balaban J connectivity index is 2.37. The van der Waals surface area contributed by atoms with Gasteiger partial charge in [0.2, 0.25) is 21.8 Å². The minimum Gasteiger partial charge on any atom is -0.355 e. The topological polar surface area (TPSA) is 86.8 Å². The summed E-state index contributed by atoms with van der Waals surface area (Å²) in [5.41, 5.74) is 2.27. The van der Waals surface area contributed by atoms with Crippen molar-refractivity contribution in [1.82, 2.24) is 10.2 Å². The van der Waals surface area contributed by atoms with E-state index in [4.69, 9.17) is 0 Å². The molecule has 0 aliphatic heterocycles. The molecule has 0 unspecified atom stereocenters. The molecule has 7 nitrogen and oxygen atoms in total. The fourth-order valence-electron chi connectivity index (χ4n) is 3.13.